The highest BCUT2D eigenvalue weighted by Crippen LogP contribution is 2.39. The molecule has 1 spiro atoms. The number of carbonyl (C=O) groups is 8. The number of benzene rings is 3. The average molecular weight is 1060 g/mol. The Hall–Kier alpha value is -7.97. The van der Waals surface area contributed by atoms with Crippen LogP contribution in [0.4, 0.5) is 0 Å². The van der Waals surface area contributed by atoms with Gasteiger partial charge in [0, 0.05) is 55.9 Å². The van der Waals surface area contributed by atoms with E-state index < -0.39 is 83.0 Å². The summed E-state index contributed by atoms with van der Waals surface area (Å²) in [7, 11) is 1.58. The number of hydrogen-bond acceptors (Lipinski definition) is 10. The zero-order chi connectivity index (χ0) is 55.3. The van der Waals surface area contributed by atoms with Gasteiger partial charge in [-0.1, -0.05) is 74.0 Å². The van der Waals surface area contributed by atoms with Crippen LogP contribution in [0, 0.1) is 5.41 Å². The molecule has 414 valence electrons. The molecule has 77 heavy (non-hydrogen) atoms. The zero-order valence-corrected chi connectivity index (χ0v) is 44.1. The summed E-state index contributed by atoms with van der Waals surface area (Å²) >= 11 is 0. The third kappa shape index (κ3) is 17.3. The average Bonchev–Trinajstić information content (AvgIpc) is 3.85. The molecule has 1 aliphatic carbocycles. The van der Waals surface area contributed by atoms with E-state index in [4.69, 9.17) is 21.6 Å². The number of unbranched alkanes of at least 4 members (excludes halogenated alkanes) is 1. The van der Waals surface area contributed by atoms with Gasteiger partial charge < -0.3 is 63.7 Å². The van der Waals surface area contributed by atoms with Gasteiger partial charge in [-0.25, -0.2) is 0 Å². The topological polar surface area (TPSA) is 334 Å². The van der Waals surface area contributed by atoms with E-state index in [2.05, 4.69) is 47.5 Å². The number of rotatable bonds is 15. The summed E-state index contributed by atoms with van der Waals surface area (Å²) in [5, 5.41) is 31.3. The highest BCUT2D eigenvalue weighted by atomic mass is 16.5. The smallest absolute Gasteiger partial charge is 0.246 e. The molecule has 3 aromatic carbocycles. The molecule has 0 radical (unpaired) electrons. The molecule has 6 rings (SSSR count). The molecule has 1 aromatic heterocycles. The Bertz CT molecular complexity index is 2670. The van der Waals surface area contributed by atoms with Crippen LogP contribution in [-0.4, -0.2) is 114 Å². The maximum absolute atomic E-state index is 15.3. The second-order valence-electron chi connectivity index (χ2n) is 20.1. The minimum Gasteiger partial charge on any atom is -0.497 e. The fourth-order valence-electron chi connectivity index (χ4n) is 9.98. The maximum Gasteiger partial charge on any atom is 0.246 e. The van der Waals surface area contributed by atoms with Gasteiger partial charge in [-0.15, -0.1) is 0 Å². The molecule has 0 unspecified atom stereocenters. The van der Waals surface area contributed by atoms with Crippen molar-refractivity contribution in [2.45, 2.75) is 151 Å². The van der Waals surface area contributed by atoms with Crippen LogP contribution >= 0.6 is 0 Å². The van der Waals surface area contributed by atoms with E-state index in [1.807, 2.05) is 55.5 Å². The molecule has 0 bridgehead atoms. The van der Waals surface area contributed by atoms with Gasteiger partial charge in [0.2, 0.25) is 47.3 Å². The number of aromatic amines is 1. The van der Waals surface area contributed by atoms with Gasteiger partial charge in [0.15, 0.2) is 5.96 Å². The second-order valence-corrected chi connectivity index (χ2v) is 20.1. The fourth-order valence-corrected chi connectivity index (χ4v) is 9.98. The van der Waals surface area contributed by atoms with E-state index in [1.54, 1.807) is 43.6 Å². The molecule has 8 amide bonds. The Balaban J connectivity index is 1.38. The quantitative estimate of drug-likeness (QED) is 0.0467. The molecular weight excluding hydrogens is 985 g/mol. The minimum absolute atomic E-state index is 0.00367. The van der Waals surface area contributed by atoms with Crippen molar-refractivity contribution >= 4 is 64.1 Å². The highest BCUT2D eigenvalue weighted by molar-refractivity contribution is 5.99. The summed E-state index contributed by atoms with van der Waals surface area (Å²) in [6.45, 7) is 2.28. The normalized spacial score (nSPS) is 23.7. The lowest BCUT2D eigenvalue weighted by atomic mass is 9.73. The number of primary amides is 1. The number of nitrogens with one attached hydrogen (secondary N) is 10. The molecule has 2 fully saturated rings. The van der Waals surface area contributed by atoms with Crippen molar-refractivity contribution in [3.63, 3.8) is 0 Å². The summed E-state index contributed by atoms with van der Waals surface area (Å²) in [5.41, 5.74) is 13.0. The summed E-state index contributed by atoms with van der Waals surface area (Å²) < 4.78 is 5.38. The van der Waals surface area contributed by atoms with Gasteiger partial charge in [-0.3, -0.25) is 43.8 Å². The molecule has 1 saturated carbocycles. The van der Waals surface area contributed by atoms with Crippen LogP contribution in [0.25, 0.3) is 10.9 Å². The number of hydrogen-bond donors (Lipinski definition) is 12. The standard InChI is InChI=1S/C56H76N12O9/c1-3-4-19-48(70)63-44-24-25-47(69)60-30-11-10-17-42(49(57)71)64-52(74)46(33-38-34-62-41-16-9-8-15-40(38)41)66-50(72)43(18-12-31-61-55(58)59)65-51(73)45(32-35-13-6-5-7-14-35)67-54(76)56(68-53(44)75)28-26-37(27-29-56)36-20-22-39(77-2)23-21-36/h5-9,13-16,20-23,34,37,42-46,62H,3-4,10-12,17-19,24-33H2,1-2H3,(H2,57,71)(H,60,69)(H,63,70)(H,64,74)(H,65,73)(H,66,72)(H,67,76)(H,68,75)(H4,58,59,61)/t37?,42-,43-,44-,45+,46-,56?/m0/s1. The Morgan fingerprint density at radius 1 is 0.753 bits per heavy atom. The molecular formula is C56H76N12O9. The van der Waals surface area contributed by atoms with Crippen molar-refractivity contribution in [3.8, 4) is 5.75 Å². The van der Waals surface area contributed by atoms with Crippen LogP contribution in [0.15, 0.2) is 85.1 Å². The summed E-state index contributed by atoms with van der Waals surface area (Å²) in [6.07, 6.45) is 5.08. The molecule has 5 atom stereocenters. The van der Waals surface area contributed by atoms with Gasteiger partial charge in [-0.2, -0.15) is 0 Å². The largest absolute Gasteiger partial charge is 0.497 e. The summed E-state index contributed by atoms with van der Waals surface area (Å²) in [5.74, 6) is -4.76. The van der Waals surface area contributed by atoms with E-state index in [0.717, 1.165) is 22.9 Å². The SMILES string of the molecule is CCCCC(=O)N[C@H]1CCC(=O)NCCCC[C@@H](C(N)=O)NC(=O)[C@H](Cc2c[nH]c3ccccc23)NC(=O)[C@H](CCCNC(=N)N)NC(=O)[C@@H](Cc2ccccc2)NC(=O)C2(CCC(c3ccc(OC)cc3)CC2)NC1=O. The van der Waals surface area contributed by atoms with E-state index in [-0.39, 0.29) is 89.2 Å². The molecule has 2 heterocycles. The number of carbonyl (C=O) groups excluding carboxylic acids is 8. The van der Waals surface area contributed by atoms with Crippen LogP contribution in [0.5, 0.6) is 5.75 Å². The predicted molar refractivity (Wildman–Crippen MR) is 291 cm³/mol. The van der Waals surface area contributed by atoms with Gasteiger partial charge in [0.25, 0.3) is 0 Å². The Labute approximate surface area is 449 Å². The number of guanidine groups is 1. The number of amides is 8. The van der Waals surface area contributed by atoms with Crippen LogP contribution in [-0.2, 0) is 51.2 Å². The Morgan fingerprint density at radius 2 is 1.43 bits per heavy atom. The zero-order valence-electron chi connectivity index (χ0n) is 44.1. The first-order valence-electron chi connectivity index (χ1n) is 26.8. The van der Waals surface area contributed by atoms with Crippen LogP contribution in [0.2, 0.25) is 0 Å². The maximum atomic E-state index is 15.3. The van der Waals surface area contributed by atoms with Gasteiger partial charge in [0.05, 0.1) is 7.11 Å². The third-order valence-electron chi connectivity index (χ3n) is 14.4. The molecule has 14 N–H and O–H groups in total. The number of aromatic nitrogens is 1. The number of para-hydroxylation sites is 1. The lowest BCUT2D eigenvalue weighted by molar-refractivity contribution is -0.139. The Kier molecular flexibility index (Phi) is 21.8. The molecule has 4 aromatic rings. The van der Waals surface area contributed by atoms with E-state index >= 15 is 4.79 Å². The lowest BCUT2D eigenvalue weighted by Crippen LogP contribution is -2.66. The van der Waals surface area contributed by atoms with Crippen LogP contribution in [0.3, 0.4) is 0 Å². The molecule has 21 nitrogen and oxygen atoms in total. The number of ether oxygens (including phenoxy) is 1. The number of fused-ring (bicyclic) bond motifs is 1. The van der Waals surface area contributed by atoms with Crippen molar-refractivity contribution in [2.24, 2.45) is 11.5 Å². The first-order valence-corrected chi connectivity index (χ1v) is 26.8. The number of nitrogens with two attached hydrogens (primary N) is 2. The molecule has 2 aliphatic rings. The van der Waals surface area contributed by atoms with E-state index in [1.165, 1.54) is 0 Å². The van der Waals surface area contributed by atoms with Crippen molar-refractivity contribution in [1.82, 2.24) is 47.5 Å². The van der Waals surface area contributed by atoms with Gasteiger partial charge in [-0.05, 0) is 111 Å². The summed E-state index contributed by atoms with van der Waals surface area (Å²) in [4.78, 5) is 117. The first kappa shape index (κ1) is 58.3. The lowest BCUT2D eigenvalue weighted by Gasteiger charge is -2.41. The first-order chi connectivity index (χ1) is 37.1. The summed E-state index contributed by atoms with van der Waals surface area (Å²) in [6, 6.07) is 17.7. The second kappa shape index (κ2) is 28.8. The van der Waals surface area contributed by atoms with Crippen LogP contribution < -0.4 is 58.7 Å². The fraction of sp³-hybridized carbons (Fsp3) is 0.482. The van der Waals surface area contributed by atoms with E-state index in [0.29, 0.717) is 49.0 Å². The molecule has 21 heteroatoms. The monoisotopic (exact) mass is 1060 g/mol. The van der Waals surface area contributed by atoms with Crippen molar-refractivity contribution in [2.75, 3.05) is 20.2 Å². The van der Waals surface area contributed by atoms with Crippen molar-refractivity contribution in [1.29, 1.82) is 5.41 Å². The van der Waals surface area contributed by atoms with Gasteiger partial charge in [0.1, 0.15) is 41.5 Å². The third-order valence-corrected chi connectivity index (χ3v) is 14.4. The highest BCUT2D eigenvalue weighted by Gasteiger charge is 2.46. The van der Waals surface area contributed by atoms with Crippen molar-refractivity contribution in [3.05, 3.63) is 102 Å². The predicted octanol–water partition coefficient (Wildman–Crippen LogP) is 2.62. The van der Waals surface area contributed by atoms with E-state index in [9.17, 15) is 33.6 Å². The molecule has 1 aliphatic heterocycles. The van der Waals surface area contributed by atoms with Gasteiger partial charge >= 0.3 is 0 Å². The molecule has 1 saturated heterocycles. The Morgan fingerprint density at radius 3 is 2.13 bits per heavy atom. The van der Waals surface area contributed by atoms with Crippen molar-refractivity contribution < 1.29 is 43.1 Å². The van der Waals surface area contributed by atoms with Crippen LogP contribution in [0.1, 0.15) is 119 Å². The minimum atomic E-state index is -1.60. The number of H-pyrrole nitrogens is 1. The number of methoxy groups -OCH3 is 1.